The van der Waals surface area contributed by atoms with Crippen LogP contribution >= 0.6 is 15.9 Å². The van der Waals surface area contributed by atoms with E-state index in [-0.39, 0.29) is 4.90 Å². The number of hydrogen-bond acceptors (Lipinski definition) is 4. The molecule has 0 fully saturated rings. The van der Waals surface area contributed by atoms with Gasteiger partial charge in [0.25, 0.3) is 10.0 Å². The van der Waals surface area contributed by atoms with E-state index in [1.54, 1.807) is 31.3 Å². The highest BCUT2D eigenvalue weighted by atomic mass is 79.9. The summed E-state index contributed by atoms with van der Waals surface area (Å²) in [6.07, 6.45) is 3.12. The first kappa shape index (κ1) is 13.8. The second-order valence-electron chi connectivity index (χ2n) is 3.99. The van der Waals surface area contributed by atoms with Crippen molar-refractivity contribution in [2.45, 2.75) is 11.8 Å². The van der Waals surface area contributed by atoms with Gasteiger partial charge >= 0.3 is 0 Å². The van der Waals surface area contributed by atoms with Crippen molar-refractivity contribution in [2.75, 3.05) is 10.5 Å². The molecule has 0 amide bonds. The van der Waals surface area contributed by atoms with E-state index in [1.807, 2.05) is 0 Å². The van der Waals surface area contributed by atoms with Crippen LogP contribution in [0.15, 0.2) is 46.0 Å². The van der Waals surface area contributed by atoms with Gasteiger partial charge in [-0.1, -0.05) is 0 Å². The molecule has 3 N–H and O–H groups in total. The van der Waals surface area contributed by atoms with Crippen LogP contribution in [0.4, 0.5) is 11.4 Å². The number of nitrogens with one attached hydrogen (secondary N) is 1. The number of anilines is 2. The molecule has 0 aliphatic heterocycles. The molecule has 1 aromatic heterocycles. The second kappa shape index (κ2) is 5.18. The summed E-state index contributed by atoms with van der Waals surface area (Å²) in [6, 6.07) is 6.16. The van der Waals surface area contributed by atoms with Crippen molar-refractivity contribution in [3.63, 3.8) is 0 Å². The van der Waals surface area contributed by atoms with Gasteiger partial charge in [0.15, 0.2) is 0 Å². The fraction of sp³-hybridized carbons (Fsp3) is 0.0833. The lowest BCUT2D eigenvalue weighted by Gasteiger charge is -2.11. The molecule has 0 unspecified atom stereocenters. The summed E-state index contributed by atoms with van der Waals surface area (Å²) in [5.41, 5.74) is 7.33. The summed E-state index contributed by atoms with van der Waals surface area (Å²) < 4.78 is 27.5. The van der Waals surface area contributed by atoms with E-state index >= 15 is 0 Å². The molecule has 0 saturated carbocycles. The Balaban J connectivity index is 2.41. The summed E-state index contributed by atoms with van der Waals surface area (Å²) in [5, 5.41) is 0. The lowest BCUT2D eigenvalue weighted by atomic mass is 10.3. The first-order chi connectivity index (χ1) is 8.90. The van der Waals surface area contributed by atoms with Gasteiger partial charge in [-0.2, -0.15) is 0 Å². The van der Waals surface area contributed by atoms with Gasteiger partial charge in [0.1, 0.15) is 4.90 Å². The van der Waals surface area contributed by atoms with Gasteiger partial charge in [-0.05, 0) is 52.7 Å². The van der Waals surface area contributed by atoms with Crippen molar-refractivity contribution in [1.29, 1.82) is 0 Å². The molecule has 1 aromatic carbocycles. The monoisotopic (exact) mass is 341 g/mol. The number of sulfonamides is 1. The maximum absolute atomic E-state index is 12.3. The number of nitrogens with two attached hydrogens (primary N) is 1. The smallest absolute Gasteiger partial charge is 0.263 e. The van der Waals surface area contributed by atoms with Gasteiger partial charge in [-0.25, -0.2) is 8.42 Å². The van der Waals surface area contributed by atoms with Crippen LogP contribution in [0.3, 0.4) is 0 Å². The molecule has 1 heterocycles. The molecule has 0 aliphatic carbocycles. The van der Waals surface area contributed by atoms with E-state index in [9.17, 15) is 8.42 Å². The zero-order chi connectivity index (χ0) is 14.0. The fourth-order valence-corrected chi connectivity index (χ4v) is 3.75. The summed E-state index contributed by atoms with van der Waals surface area (Å²) in [6.45, 7) is 1.78. The molecule has 2 rings (SSSR count). The van der Waals surface area contributed by atoms with Gasteiger partial charge < -0.3 is 5.73 Å². The van der Waals surface area contributed by atoms with Gasteiger partial charge in [-0.15, -0.1) is 0 Å². The number of benzene rings is 1. The SMILES string of the molecule is Cc1cnccc1NS(=O)(=O)c1ccc(N)cc1Br. The van der Waals surface area contributed by atoms with E-state index < -0.39 is 10.0 Å². The van der Waals surface area contributed by atoms with E-state index in [0.717, 1.165) is 5.56 Å². The topological polar surface area (TPSA) is 85.1 Å². The number of hydrogen-bond donors (Lipinski definition) is 2. The lowest BCUT2D eigenvalue weighted by Crippen LogP contribution is -2.14. The van der Waals surface area contributed by atoms with Crippen molar-refractivity contribution in [3.8, 4) is 0 Å². The summed E-state index contributed by atoms with van der Waals surface area (Å²) in [5.74, 6) is 0. The van der Waals surface area contributed by atoms with Crippen molar-refractivity contribution in [1.82, 2.24) is 4.98 Å². The predicted octanol–water partition coefficient (Wildman–Crippen LogP) is 2.54. The number of aryl methyl sites for hydroxylation is 1. The Hall–Kier alpha value is -1.60. The highest BCUT2D eigenvalue weighted by Gasteiger charge is 2.18. The van der Waals surface area contributed by atoms with Crippen molar-refractivity contribution in [2.24, 2.45) is 0 Å². The van der Waals surface area contributed by atoms with Gasteiger partial charge in [0, 0.05) is 22.6 Å². The van der Waals surface area contributed by atoms with E-state index in [0.29, 0.717) is 15.8 Å². The van der Waals surface area contributed by atoms with Crippen LogP contribution in [0.25, 0.3) is 0 Å². The highest BCUT2D eigenvalue weighted by Crippen LogP contribution is 2.26. The molecule has 0 radical (unpaired) electrons. The van der Waals surface area contributed by atoms with Crippen LogP contribution in [0, 0.1) is 6.92 Å². The van der Waals surface area contributed by atoms with Crippen molar-refractivity contribution in [3.05, 3.63) is 46.7 Å². The molecule has 0 atom stereocenters. The highest BCUT2D eigenvalue weighted by molar-refractivity contribution is 9.10. The summed E-state index contributed by atoms with van der Waals surface area (Å²) >= 11 is 3.20. The Morgan fingerprint density at radius 2 is 2.05 bits per heavy atom. The van der Waals surface area contributed by atoms with E-state index in [4.69, 9.17) is 5.73 Å². The Bertz CT molecular complexity index is 717. The maximum Gasteiger partial charge on any atom is 0.263 e. The molecule has 0 spiro atoms. The molecule has 100 valence electrons. The number of nitrogen functional groups attached to an aromatic ring is 1. The van der Waals surface area contributed by atoms with Crippen molar-refractivity contribution >= 4 is 37.3 Å². The van der Waals surface area contributed by atoms with Gasteiger partial charge in [-0.3, -0.25) is 9.71 Å². The van der Waals surface area contributed by atoms with Crippen LogP contribution < -0.4 is 10.5 Å². The van der Waals surface area contributed by atoms with E-state index in [1.165, 1.54) is 12.3 Å². The molecule has 0 bridgehead atoms. The number of pyridine rings is 1. The van der Waals surface area contributed by atoms with Gasteiger partial charge in [0.2, 0.25) is 0 Å². The largest absolute Gasteiger partial charge is 0.399 e. The van der Waals surface area contributed by atoms with Crippen LogP contribution in [0.2, 0.25) is 0 Å². The fourth-order valence-electron chi connectivity index (χ4n) is 1.52. The normalized spacial score (nSPS) is 11.3. The average Bonchev–Trinajstić information content (AvgIpc) is 2.31. The number of halogens is 1. The first-order valence-electron chi connectivity index (χ1n) is 5.38. The lowest BCUT2D eigenvalue weighted by molar-refractivity contribution is 0.600. The van der Waals surface area contributed by atoms with Gasteiger partial charge in [0.05, 0.1) is 5.69 Å². The predicted molar refractivity (Wildman–Crippen MR) is 78.3 cm³/mol. The van der Waals surface area contributed by atoms with Crippen LogP contribution in [-0.2, 0) is 10.0 Å². The quantitative estimate of drug-likeness (QED) is 0.840. The van der Waals surface area contributed by atoms with Crippen molar-refractivity contribution < 1.29 is 8.42 Å². The minimum Gasteiger partial charge on any atom is -0.399 e. The number of rotatable bonds is 3. The zero-order valence-corrected chi connectivity index (χ0v) is 12.5. The summed E-state index contributed by atoms with van der Waals surface area (Å²) in [7, 11) is -3.66. The average molecular weight is 342 g/mol. The number of nitrogens with zero attached hydrogens (tertiary/aromatic N) is 1. The standard InChI is InChI=1S/C12H12BrN3O2S/c1-8-7-15-5-4-11(8)16-19(17,18)12-3-2-9(14)6-10(12)13/h2-7H,14H2,1H3,(H,15,16). The first-order valence-corrected chi connectivity index (χ1v) is 7.66. The number of aromatic nitrogens is 1. The molecule has 0 saturated heterocycles. The molecule has 0 aliphatic rings. The third-order valence-corrected chi connectivity index (χ3v) is 4.85. The molecular weight excluding hydrogens is 330 g/mol. The second-order valence-corrected chi connectivity index (χ2v) is 6.49. The molecule has 2 aromatic rings. The minimum atomic E-state index is -3.66. The van der Waals surface area contributed by atoms with Crippen LogP contribution in [0.5, 0.6) is 0 Å². The molecular formula is C12H12BrN3O2S. The minimum absolute atomic E-state index is 0.137. The molecule has 5 nitrogen and oxygen atoms in total. The van der Waals surface area contributed by atoms with Crippen LogP contribution in [-0.4, -0.2) is 13.4 Å². The Morgan fingerprint density at radius 1 is 1.32 bits per heavy atom. The Morgan fingerprint density at radius 3 is 2.68 bits per heavy atom. The zero-order valence-electron chi connectivity index (χ0n) is 10.1. The third kappa shape index (κ3) is 3.05. The molecule has 7 heteroatoms. The Labute approximate surface area is 120 Å². The third-order valence-electron chi connectivity index (χ3n) is 2.51. The maximum atomic E-state index is 12.3. The van der Waals surface area contributed by atoms with Crippen LogP contribution in [0.1, 0.15) is 5.56 Å². The molecule has 19 heavy (non-hydrogen) atoms. The van der Waals surface area contributed by atoms with E-state index in [2.05, 4.69) is 25.6 Å². The summed E-state index contributed by atoms with van der Waals surface area (Å²) in [4.78, 5) is 4.05. The Kier molecular flexibility index (Phi) is 3.77.